The molecule has 0 aromatic carbocycles. The third-order valence-corrected chi connectivity index (χ3v) is 3.40. The van der Waals surface area contributed by atoms with Gasteiger partial charge >= 0.3 is 0 Å². The number of ether oxygens (including phenoxy) is 1. The predicted octanol–water partition coefficient (Wildman–Crippen LogP) is 1.06. The Morgan fingerprint density at radius 2 is 2.33 bits per heavy atom. The Balaban J connectivity index is 2.17. The second-order valence-electron chi connectivity index (χ2n) is 4.00. The number of fused-ring (bicyclic) bond motifs is 1. The molecule has 2 rings (SSSR count). The summed E-state index contributed by atoms with van der Waals surface area (Å²) in [5.74, 6) is 6.92. The van der Waals surface area contributed by atoms with Gasteiger partial charge in [-0.1, -0.05) is 0 Å². The van der Waals surface area contributed by atoms with E-state index in [1.54, 1.807) is 18.4 Å². The van der Waals surface area contributed by atoms with Crippen molar-refractivity contribution in [2.75, 3.05) is 32.7 Å². The minimum absolute atomic E-state index is 0.673. The molecule has 2 aromatic heterocycles. The van der Waals surface area contributed by atoms with Gasteiger partial charge in [-0.25, -0.2) is 15.8 Å². The first-order valence-corrected chi connectivity index (χ1v) is 6.50. The monoisotopic (exact) mass is 267 g/mol. The number of likely N-dealkylation sites (N-methyl/N-ethyl adjacent to an activating group) is 1. The van der Waals surface area contributed by atoms with Crippen molar-refractivity contribution >= 4 is 27.4 Å². The Bertz CT molecular complexity index is 515. The van der Waals surface area contributed by atoms with Crippen LogP contribution in [0.15, 0.2) is 11.4 Å². The summed E-state index contributed by atoms with van der Waals surface area (Å²) in [5.41, 5.74) is 2.63. The van der Waals surface area contributed by atoms with Crippen LogP contribution in [0.25, 0.3) is 10.2 Å². The van der Waals surface area contributed by atoms with Gasteiger partial charge in [0.2, 0.25) is 0 Å². The van der Waals surface area contributed by atoms with Crippen molar-refractivity contribution < 1.29 is 4.74 Å². The highest BCUT2D eigenvalue weighted by atomic mass is 32.1. The van der Waals surface area contributed by atoms with Crippen LogP contribution in [0.5, 0.6) is 0 Å². The molecule has 0 aliphatic carbocycles. The van der Waals surface area contributed by atoms with E-state index < -0.39 is 0 Å². The van der Waals surface area contributed by atoms with Crippen LogP contribution in [0.1, 0.15) is 5.82 Å². The number of hydrogen-bond acceptors (Lipinski definition) is 7. The van der Waals surface area contributed by atoms with Crippen LogP contribution in [0, 0.1) is 0 Å². The van der Waals surface area contributed by atoms with E-state index in [2.05, 4.69) is 20.3 Å². The summed E-state index contributed by atoms with van der Waals surface area (Å²) >= 11 is 1.59. The van der Waals surface area contributed by atoms with Gasteiger partial charge in [0.1, 0.15) is 10.7 Å². The fraction of sp³-hybridized carbons (Fsp3) is 0.455. The number of nitrogen functional groups attached to an aromatic ring is 1. The Hall–Kier alpha value is -1.28. The van der Waals surface area contributed by atoms with E-state index in [0.717, 1.165) is 22.6 Å². The molecule has 0 saturated heterocycles. The maximum atomic E-state index is 5.49. The van der Waals surface area contributed by atoms with Crippen molar-refractivity contribution in [1.82, 2.24) is 14.9 Å². The molecule has 2 heterocycles. The van der Waals surface area contributed by atoms with Crippen LogP contribution in [-0.2, 0) is 11.3 Å². The number of nitrogens with two attached hydrogens (primary N) is 1. The standard InChI is InChI=1S/C11H17N5OS/c1-16(4-5-17-2)7-9-13-10(15-12)8-3-6-18-11(8)14-9/h3,6H,4-5,7,12H2,1-2H3,(H,13,14,15). The fourth-order valence-corrected chi connectivity index (χ4v) is 2.43. The number of aromatic nitrogens is 2. The second-order valence-corrected chi connectivity index (χ2v) is 4.90. The van der Waals surface area contributed by atoms with E-state index in [0.29, 0.717) is 19.0 Å². The highest BCUT2D eigenvalue weighted by Crippen LogP contribution is 2.24. The van der Waals surface area contributed by atoms with E-state index in [9.17, 15) is 0 Å². The van der Waals surface area contributed by atoms with Gasteiger partial charge in [-0.15, -0.1) is 11.3 Å². The zero-order valence-electron chi connectivity index (χ0n) is 10.5. The van der Waals surface area contributed by atoms with E-state index in [1.807, 2.05) is 18.5 Å². The topological polar surface area (TPSA) is 76.3 Å². The Labute approximate surface area is 110 Å². The Morgan fingerprint density at radius 3 is 3.06 bits per heavy atom. The second kappa shape index (κ2) is 6.05. The van der Waals surface area contributed by atoms with Crippen LogP contribution in [0.4, 0.5) is 5.82 Å². The zero-order valence-corrected chi connectivity index (χ0v) is 11.3. The number of nitrogens with one attached hydrogen (secondary N) is 1. The van der Waals surface area contributed by atoms with Crippen LogP contribution < -0.4 is 11.3 Å². The lowest BCUT2D eigenvalue weighted by molar-refractivity contribution is 0.157. The summed E-state index contributed by atoms with van der Waals surface area (Å²) in [6.07, 6.45) is 0. The smallest absolute Gasteiger partial charge is 0.152 e. The Morgan fingerprint density at radius 1 is 1.50 bits per heavy atom. The van der Waals surface area contributed by atoms with E-state index in [-0.39, 0.29) is 0 Å². The minimum atomic E-state index is 0.673. The number of thiophene rings is 1. The first kappa shape index (κ1) is 13.2. The summed E-state index contributed by atoms with van der Waals surface area (Å²) in [6.45, 7) is 2.21. The van der Waals surface area contributed by atoms with Crippen molar-refractivity contribution in [3.63, 3.8) is 0 Å². The SMILES string of the molecule is COCCN(C)Cc1nc(NN)c2ccsc2n1. The number of rotatable bonds is 6. The molecule has 0 radical (unpaired) electrons. The third-order valence-electron chi connectivity index (χ3n) is 2.60. The lowest BCUT2D eigenvalue weighted by atomic mass is 10.3. The van der Waals surface area contributed by atoms with Gasteiger partial charge in [0.15, 0.2) is 5.82 Å². The summed E-state index contributed by atoms with van der Waals surface area (Å²) in [4.78, 5) is 12.0. The lowest BCUT2D eigenvalue weighted by Crippen LogP contribution is -2.24. The first-order chi connectivity index (χ1) is 8.74. The van der Waals surface area contributed by atoms with E-state index in [1.165, 1.54) is 0 Å². The summed E-state index contributed by atoms with van der Waals surface area (Å²) in [6, 6.07) is 1.97. The average molecular weight is 267 g/mol. The quantitative estimate of drug-likeness (QED) is 0.602. The third kappa shape index (κ3) is 2.94. The largest absolute Gasteiger partial charge is 0.383 e. The molecule has 7 heteroatoms. The number of anilines is 1. The maximum Gasteiger partial charge on any atom is 0.152 e. The number of hydrogen-bond donors (Lipinski definition) is 2. The van der Waals surface area contributed by atoms with Gasteiger partial charge in [-0.2, -0.15) is 0 Å². The molecule has 0 spiro atoms. The molecule has 0 aliphatic heterocycles. The van der Waals surface area contributed by atoms with Crippen molar-refractivity contribution in [2.24, 2.45) is 5.84 Å². The van der Waals surface area contributed by atoms with Crippen LogP contribution >= 0.6 is 11.3 Å². The maximum absolute atomic E-state index is 5.49. The molecular formula is C11H17N5OS. The molecule has 6 nitrogen and oxygen atoms in total. The summed E-state index contributed by atoms with van der Waals surface area (Å²) in [7, 11) is 3.70. The number of methoxy groups -OCH3 is 1. The van der Waals surface area contributed by atoms with Crippen LogP contribution in [-0.4, -0.2) is 42.2 Å². The molecular weight excluding hydrogens is 250 g/mol. The van der Waals surface area contributed by atoms with Crippen molar-refractivity contribution in [2.45, 2.75) is 6.54 Å². The van der Waals surface area contributed by atoms with Gasteiger partial charge in [0.25, 0.3) is 0 Å². The Kier molecular flexibility index (Phi) is 4.43. The molecule has 3 N–H and O–H groups in total. The molecule has 2 aromatic rings. The molecule has 0 atom stereocenters. The minimum Gasteiger partial charge on any atom is -0.383 e. The van der Waals surface area contributed by atoms with E-state index >= 15 is 0 Å². The van der Waals surface area contributed by atoms with Crippen molar-refractivity contribution in [3.8, 4) is 0 Å². The van der Waals surface area contributed by atoms with Crippen molar-refractivity contribution in [3.05, 3.63) is 17.3 Å². The molecule has 98 valence electrons. The molecule has 0 aliphatic rings. The molecule has 0 amide bonds. The summed E-state index contributed by atoms with van der Waals surface area (Å²) < 4.78 is 5.04. The molecule has 18 heavy (non-hydrogen) atoms. The van der Waals surface area contributed by atoms with Gasteiger partial charge in [-0.05, 0) is 18.5 Å². The van der Waals surface area contributed by atoms with Crippen LogP contribution in [0.2, 0.25) is 0 Å². The van der Waals surface area contributed by atoms with E-state index in [4.69, 9.17) is 10.6 Å². The average Bonchev–Trinajstić information content (AvgIpc) is 2.83. The normalized spacial score (nSPS) is 11.3. The van der Waals surface area contributed by atoms with Gasteiger partial charge < -0.3 is 10.2 Å². The van der Waals surface area contributed by atoms with Gasteiger partial charge in [-0.3, -0.25) is 4.90 Å². The highest BCUT2D eigenvalue weighted by Gasteiger charge is 2.09. The first-order valence-electron chi connectivity index (χ1n) is 5.63. The van der Waals surface area contributed by atoms with Crippen LogP contribution in [0.3, 0.4) is 0 Å². The number of nitrogens with zero attached hydrogens (tertiary/aromatic N) is 3. The van der Waals surface area contributed by atoms with Gasteiger partial charge in [0, 0.05) is 13.7 Å². The molecule has 0 fully saturated rings. The molecule has 0 saturated carbocycles. The predicted molar refractivity (Wildman–Crippen MR) is 73.4 cm³/mol. The lowest BCUT2D eigenvalue weighted by Gasteiger charge is -2.15. The zero-order chi connectivity index (χ0) is 13.0. The summed E-state index contributed by atoms with van der Waals surface area (Å²) in [5, 5.41) is 2.95. The fourth-order valence-electron chi connectivity index (χ4n) is 1.65. The molecule has 0 unspecified atom stereocenters. The number of hydrazine groups is 1. The van der Waals surface area contributed by atoms with Gasteiger partial charge in [0.05, 0.1) is 18.5 Å². The van der Waals surface area contributed by atoms with Crippen molar-refractivity contribution in [1.29, 1.82) is 0 Å². The molecule has 0 bridgehead atoms. The highest BCUT2D eigenvalue weighted by molar-refractivity contribution is 7.16.